The molecule has 3 N–H and O–H groups in total. The van der Waals surface area contributed by atoms with Crippen LogP contribution >= 0.6 is 0 Å². The number of rotatable bonds is 8. The van der Waals surface area contributed by atoms with Crippen LogP contribution < -0.4 is 0 Å². The van der Waals surface area contributed by atoms with Crippen molar-refractivity contribution in [1.82, 2.24) is 0 Å². The number of allylic oxidation sites excluding steroid dienone is 1. The van der Waals surface area contributed by atoms with Gasteiger partial charge in [-0.05, 0) is 19.3 Å². The quantitative estimate of drug-likeness (QED) is 0.388. The van der Waals surface area contributed by atoms with E-state index in [0.29, 0.717) is 6.42 Å². The molecule has 0 fully saturated rings. The second kappa shape index (κ2) is 7.06. The minimum Gasteiger partial charge on any atom is -0.396 e. The lowest BCUT2D eigenvalue weighted by Gasteiger charge is -2.26. The summed E-state index contributed by atoms with van der Waals surface area (Å²) in [6.45, 7) is 3.13. The molecule has 0 aliphatic rings. The van der Waals surface area contributed by atoms with Crippen molar-refractivity contribution in [1.29, 1.82) is 0 Å². The predicted molar refractivity (Wildman–Crippen MR) is 52.4 cm³/mol. The first-order chi connectivity index (χ1) is 6.24. The maximum atomic E-state index is 8.99. The second-order valence-electron chi connectivity index (χ2n) is 3.51. The molecule has 0 aliphatic heterocycles. The second-order valence-corrected chi connectivity index (χ2v) is 3.51. The zero-order valence-electron chi connectivity index (χ0n) is 8.08. The van der Waals surface area contributed by atoms with Crippen LogP contribution in [0.25, 0.3) is 0 Å². The van der Waals surface area contributed by atoms with E-state index in [1.807, 2.05) is 6.08 Å². The summed E-state index contributed by atoms with van der Waals surface area (Å²) in [4.78, 5) is 0. The highest BCUT2D eigenvalue weighted by Gasteiger charge is 2.26. The summed E-state index contributed by atoms with van der Waals surface area (Å²) >= 11 is 0. The van der Waals surface area contributed by atoms with Crippen LogP contribution in [0.1, 0.15) is 25.7 Å². The minimum atomic E-state index is -0.693. The van der Waals surface area contributed by atoms with Gasteiger partial charge in [0.2, 0.25) is 0 Å². The van der Waals surface area contributed by atoms with Gasteiger partial charge in [0.15, 0.2) is 0 Å². The largest absolute Gasteiger partial charge is 0.396 e. The number of hydrogen-bond donors (Lipinski definition) is 3. The maximum absolute atomic E-state index is 8.99. The SMILES string of the molecule is C=CCCCCC(CO)(CO)CO. The first-order valence-corrected chi connectivity index (χ1v) is 4.68. The van der Waals surface area contributed by atoms with Crippen molar-refractivity contribution in [3.8, 4) is 0 Å². The highest BCUT2D eigenvalue weighted by atomic mass is 16.3. The van der Waals surface area contributed by atoms with Crippen LogP contribution in [-0.2, 0) is 0 Å². The van der Waals surface area contributed by atoms with E-state index in [1.54, 1.807) is 0 Å². The standard InChI is InChI=1S/C10H20O3/c1-2-3-4-5-6-10(7-11,8-12)9-13/h2,11-13H,1,3-9H2. The molecule has 0 heterocycles. The van der Waals surface area contributed by atoms with E-state index in [-0.39, 0.29) is 19.8 Å². The Morgan fingerprint density at radius 2 is 1.54 bits per heavy atom. The average molecular weight is 188 g/mol. The van der Waals surface area contributed by atoms with Crippen molar-refractivity contribution < 1.29 is 15.3 Å². The highest BCUT2D eigenvalue weighted by Crippen LogP contribution is 2.23. The molecule has 0 aromatic rings. The Balaban J connectivity index is 3.74. The van der Waals surface area contributed by atoms with Gasteiger partial charge in [0.05, 0.1) is 19.8 Å². The Morgan fingerprint density at radius 1 is 1.00 bits per heavy atom. The first-order valence-electron chi connectivity index (χ1n) is 4.68. The van der Waals surface area contributed by atoms with Gasteiger partial charge in [0.25, 0.3) is 0 Å². The Bertz CT molecular complexity index is 122. The molecule has 0 aromatic heterocycles. The number of aliphatic hydroxyl groups is 3. The zero-order chi connectivity index (χ0) is 10.2. The number of hydrogen-bond acceptors (Lipinski definition) is 3. The molecule has 3 nitrogen and oxygen atoms in total. The fourth-order valence-corrected chi connectivity index (χ4v) is 1.18. The van der Waals surface area contributed by atoms with Crippen molar-refractivity contribution in [2.24, 2.45) is 5.41 Å². The van der Waals surface area contributed by atoms with Crippen LogP contribution in [0.5, 0.6) is 0 Å². The van der Waals surface area contributed by atoms with Crippen LogP contribution in [0.2, 0.25) is 0 Å². The smallest absolute Gasteiger partial charge is 0.0531 e. The Hall–Kier alpha value is -0.380. The van der Waals surface area contributed by atoms with Crippen molar-refractivity contribution in [2.75, 3.05) is 19.8 Å². The summed E-state index contributed by atoms with van der Waals surface area (Å²) in [5.41, 5.74) is -0.693. The molecule has 0 bridgehead atoms. The van der Waals surface area contributed by atoms with Crippen LogP contribution in [0.3, 0.4) is 0 Å². The molecular weight excluding hydrogens is 168 g/mol. The van der Waals surface area contributed by atoms with Crippen molar-refractivity contribution in [3.05, 3.63) is 12.7 Å². The summed E-state index contributed by atoms with van der Waals surface area (Å²) in [7, 11) is 0. The Morgan fingerprint density at radius 3 is 1.92 bits per heavy atom. The molecule has 0 spiro atoms. The first kappa shape index (κ1) is 12.6. The molecular formula is C10H20O3. The van der Waals surface area contributed by atoms with Crippen molar-refractivity contribution >= 4 is 0 Å². The molecule has 3 heteroatoms. The lowest BCUT2D eigenvalue weighted by atomic mass is 9.85. The molecule has 78 valence electrons. The molecule has 0 saturated heterocycles. The van der Waals surface area contributed by atoms with Gasteiger partial charge >= 0.3 is 0 Å². The van der Waals surface area contributed by atoms with E-state index in [0.717, 1.165) is 19.3 Å². The summed E-state index contributed by atoms with van der Waals surface area (Å²) < 4.78 is 0. The zero-order valence-corrected chi connectivity index (χ0v) is 8.08. The third-order valence-corrected chi connectivity index (χ3v) is 2.37. The molecule has 0 amide bonds. The van der Waals surface area contributed by atoms with E-state index < -0.39 is 5.41 Å². The molecule has 0 unspecified atom stereocenters. The maximum Gasteiger partial charge on any atom is 0.0531 e. The lowest BCUT2D eigenvalue weighted by molar-refractivity contribution is -0.00214. The van der Waals surface area contributed by atoms with E-state index in [1.165, 1.54) is 0 Å². The van der Waals surface area contributed by atoms with Gasteiger partial charge < -0.3 is 15.3 Å². The van der Waals surface area contributed by atoms with Crippen LogP contribution in [0.4, 0.5) is 0 Å². The van der Waals surface area contributed by atoms with E-state index in [2.05, 4.69) is 6.58 Å². The molecule has 0 saturated carbocycles. The van der Waals surface area contributed by atoms with Crippen LogP contribution in [-0.4, -0.2) is 35.1 Å². The van der Waals surface area contributed by atoms with Crippen molar-refractivity contribution in [2.45, 2.75) is 25.7 Å². The van der Waals surface area contributed by atoms with E-state index >= 15 is 0 Å². The number of aliphatic hydroxyl groups excluding tert-OH is 3. The van der Waals surface area contributed by atoms with E-state index in [9.17, 15) is 0 Å². The summed E-state index contributed by atoms with van der Waals surface area (Å²) in [6.07, 6.45) is 5.33. The fraction of sp³-hybridized carbons (Fsp3) is 0.800. The predicted octanol–water partition coefficient (Wildman–Crippen LogP) is 0.696. The van der Waals surface area contributed by atoms with Gasteiger partial charge in [0.1, 0.15) is 0 Å². The van der Waals surface area contributed by atoms with E-state index in [4.69, 9.17) is 15.3 Å². The van der Waals surface area contributed by atoms with Gasteiger partial charge in [0, 0.05) is 5.41 Å². The van der Waals surface area contributed by atoms with Crippen LogP contribution in [0, 0.1) is 5.41 Å². The molecule has 0 rings (SSSR count). The molecule has 0 radical (unpaired) electrons. The highest BCUT2D eigenvalue weighted by molar-refractivity contribution is 4.77. The average Bonchev–Trinajstić information content (AvgIpc) is 2.20. The molecule has 13 heavy (non-hydrogen) atoms. The Labute approximate surface area is 79.7 Å². The molecule has 0 aliphatic carbocycles. The minimum absolute atomic E-state index is 0.159. The topological polar surface area (TPSA) is 60.7 Å². The third-order valence-electron chi connectivity index (χ3n) is 2.37. The molecule has 0 atom stereocenters. The monoisotopic (exact) mass is 188 g/mol. The molecule has 0 aromatic carbocycles. The Kier molecular flexibility index (Phi) is 6.86. The van der Waals surface area contributed by atoms with Gasteiger partial charge in [-0.2, -0.15) is 0 Å². The normalized spacial score (nSPS) is 11.6. The van der Waals surface area contributed by atoms with Gasteiger partial charge in [-0.1, -0.05) is 12.5 Å². The summed E-state index contributed by atoms with van der Waals surface area (Å²) in [5.74, 6) is 0. The van der Waals surface area contributed by atoms with Gasteiger partial charge in [-0.15, -0.1) is 6.58 Å². The summed E-state index contributed by atoms with van der Waals surface area (Å²) in [6, 6.07) is 0. The lowest BCUT2D eigenvalue weighted by Crippen LogP contribution is -2.33. The van der Waals surface area contributed by atoms with Crippen LogP contribution in [0.15, 0.2) is 12.7 Å². The van der Waals surface area contributed by atoms with Crippen molar-refractivity contribution in [3.63, 3.8) is 0 Å². The number of unbranched alkanes of at least 4 members (excludes halogenated alkanes) is 2. The van der Waals surface area contributed by atoms with Gasteiger partial charge in [-0.25, -0.2) is 0 Å². The fourth-order valence-electron chi connectivity index (χ4n) is 1.18. The summed E-state index contributed by atoms with van der Waals surface area (Å²) in [5, 5.41) is 27.0. The van der Waals surface area contributed by atoms with Gasteiger partial charge in [-0.3, -0.25) is 0 Å². The third kappa shape index (κ3) is 4.41.